The van der Waals surface area contributed by atoms with Crippen LogP contribution in [0.5, 0.6) is 11.5 Å². The number of ether oxygens (including phenoxy) is 2. The van der Waals surface area contributed by atoms with E-state index in [1.54, 1.807) is 20.3 Å². The van der Waals surface area contributed by atoms with E-state index in [4.69, 9.17) is 15.2 Å². The summed E-state index contributed by atoms with van der Waals surface area (Å²) in [5, 5.41) is 0. The average molecular weight is 284 g/mol. The number of hydrogen-bond acceptors (Lipinski definition) is 3. The molecule has 1 aromatic carbocycles. The summed E-state index contributed by atoms with van der Waals surface area (Å²) in [6.45, 7) is 5.63. The van der Waals surface area contributed by atoms with Crippen LogP contribution in [-0.2, 0) is 6.42 Å². The molecule has 1 atom stereocenters. The first kappa shape index (κ1) is 17.6. The number of allylic oxidation sites excluding steroid dienone is 2. The van der Waals surface area contributed by atoms with Gasteiger partial charge in [0.2, 0.25) is 0 Å². The van der Waals surface area contributed by atoms with E-state index in [-0.39, 0.29) is 18.4 Å². The first-order chi connectivity index (χ1) is 8.62. The fourth-order valence-electron chi connectivity index (χ4n) is 1.79. The lowest BCUT2D eigenvalue weighted by atomic mass is 10.0. The van der Waals surface area contributed by atoms with Gasteiger partial charge >= 0.3 is 0 Å². The van der Waals surface area contributed by atoms with Crippen molar-refractivity contribution in [3.8, 4) is 11.5 Å². The molecule has 0 radical (unpaired) electrons. The van der Waals surface area contributed by atoms with Crippen molar-refractivity contribution in [2.24, 2.45) is 5.73 Å². The fraction of sp³-hybridized carbons (Fsp3) is 0.333. The topological polar surface area (TPSA) is 44.5 Å². The van der Waals surface area contributed by atoms with Crippen LogP contribution in [0.3, 0.4) is 0 Å². The Morgan fingerprint density at radius 2 is 1.89 bits per heavy atom. The molecule has 0 aliphatic rings. The van der Waals surface area contributed by atoms with E-state index in [1.807, 2.05) is 31.2 Å². The molecule has 0 saturated carbocycles. The molecule has 0 spiro atoms. The van der Waals surface area contributed by atoms with Crippen molar-refractivity contribution in [3.05, 3.63) is 42.0 Å². The molecule has 0 aliphatic carbocycles. The molecular formula is C15H22ClNO2. The van der Waals surface area contributed by atoms with Crippen LogP contribution in [-0.4, -0.2) is 20.3 Å². The molecule has 1 unspecified atom stereocenters. The van der Waals surface area contributed by atoms with Crippen molar-refractivity contribution in [2.75, 3.05) is 14.2 Å². The monoisotopic (exact) mass is 283 g/mol. The molecule has 0 saturated heterocycles. The van der Waals surface area contributed by atoms with Gasteiger partial charge in [0.1, 0.15) is 11.5 Å². The fourth-order valence-corrected chi connectivity index (χ4v) is 1.79. The molecule has 0 aliphatic heterocycles. The van der Waals surface area contributed by atoms with E-state index in [0.717, 1.165) is 29.0 Å². The van der Waals surface area contributed by atoms with E-state index >= 15 is 0 Å². The number of methoxy groups -OCH3 is 2. The normalized spacial score (nSPS) is 11.8. The summed E-state index contributed by atoms with van der Waals surface area (Å²) in [4.78, 5) is 0. The highest BCUT2D eigenvalue weighted by Crippen LogP contribution is 2.30. The predicted octanol–water partition coefficient (Wildman–Crippen LogP) is 3.21. The van der Waals surface area contributed by atoms with Crippen LogP contribution in [0.25, 0.3) is 6.08 Å². The van der Waals surface area contributed by atoms with Gasteiger partial charge in [0, 0.05) is 11.6 Å². The molecular weight excluding hydrogens is 262 g/mol. The Kier molecular flexibility index (Phi) is 7.96. The highest BCUT2D eigenvalue weighted by atomic mass is 35.5. The second kappa shape index (κ2) is 8.62. The maximum absolute atomic E-state index is 5.83. The van der Waals surface area contributed by atoms with Crippen molar-refractivity contribution >= 4 is 18.5 Å². The zero-order valence-electron chi connectivity index (χ0n) is 11.7. The zero-order valence-corrected chi connectivity index (χ0v) is 12.5. The summed E-state index contributed by atoms with van der Waals surface area (Å²) < 4.78 is 10.8. The summed E-state index contributed by atoms with van der Waals surface area (Å²) in [6.07, 6.45) is 6.28. The Bertz CT molecular complexity index is 442. The van der Waals surface area contributed by atoms with Gasteiger partial charge in [0.25, 0.3) is 0 Å². The summed E-state index contributed by atoms with van der Waals surface area (Å²) in [5.74, 6) is 1.64. The molecule has 106 valence electrons. The lowest BCUT2D eigenvalue weighted by Crippen LogP contribution is -2.18. The Morgan fingerprint density at radius 1 is 1.26 bits per heavy atom. The predicted molar refractivity (Wildman–Crippen MR) is 83.4 cm³/mol. The molecule has 1 aromatic rings. The van der Waals surface area contributed by atoms with Crippen LogP contribution in [0.2, 0.25) is 0 Å². The quantitative estimate of drug-likeness (QED) is 0.816. The Balaban J connectivity index is 0.00000324. The molecule has 0 fully saturated rings. The molecule has 0 bridgehead atoms. The largest absolute Gasteiger partial charge is 0.496 e. The number of nitrogens with two attached hydrogens (primary N) is 1. The van der Waals surface area contributed by atoms with Gasteiger partial charge in [0.05, 0.1) is 14.2 Å². The summed E-state index contributed by atoms with van der Waals surface area (Å²) >= 11 is 0. The number of benzene rings is 1. The van der Waals surface area contributed by atoms with Gasteiger partial charge in [-0.2, -0.15) is 0 Å². The Labute approximate surface area is 121 Å². The third kappa shape index (κ3) is 4.97. The standard InChI is InChI=1S/C15H21NO2.ClH/c1-5-6-7-12-9-15(18-4)13(8-11(2)16)10-14(12)17-3;/h5-7,9-11H,1,8,16H2,2-4H3;1H. The van der Waals surface area contributed by atoms with Crippen LogP contribution in [0.15, 0.2) is 30.9 Å². The number of hydrogen-bond donors (Lipinski definition) is 1. The number of rotatable bonds is 6. The van der Waals surface area contributed by atoms with Gasteiger partial charge in [-0.05, 0) is 31.0 Å². The van der Waals surface area contributed by atoms with Gasteiger partial charge in [-0.1, -0.05) is 24.8 Å². The van der Waals surface area contributed by atoms with Crippen molar-refractivity contribution < 1.29 is 9.47 Å². The van der Waals surface area contributed by atoms with Crippen LogP contribution in [0.1, 0.15) is 18.1 Å². The number of halogens is 1. The van der Waals surface area contributed by atoms with Crippen molar-refractivity contribution in [2.45, 2.75) is 19.4 Å². The Hall–Kier alpha value is -1.45. The highest BCUT2D eigenvalue weighted by molar-refractivity contribution is 5.85. The molecule has 4 heteroatoms. The molecule has 0 amide bonds. The van der Waals surface area contributed by atoms with Gasteiger partial charge in [-0.15, -0.1) is 12.4 Å². The minimum absolute atomic E-state index is 0. The maximum atomic E-state index is 5.83. The van der Waals surface area contributed by atoms with Crippen LogP contribution >= 0.6 is 12.4 Å². The highest BCUT2D eigenvalue weighted by Gasteiger charge is 2.10. The van der Waals surface area contributed by atoms with Crippen LogP contribution in [0.4, 0.5) is 0 Å². The maximum Gasteiger partial charge on any atom is 0.126 e. The zero-order chi connectivity index (χ0) is 13.5. The third-order valence-electron chi connectivity index (χ3n) is 2.59. The van der Waals surface area contributed by atoms with Gasteiger partial charge < -0.3 is 15.2 Å². The summed E-state index contributed by atoms with van der Waals surface area (Å²) in [6, 6.07) is 4.01. The lowest BCUT2D eigenvalue weighted by molar-refractivity contribution is 0.397. The Morgan fingerprint density at radius 3 is 2.37 bits per heavy atom. The van der Waals surface area contributed by atoms with Crippen molar-refractivity contribution in [3.63, 3.8) is 0 Å². The van der Waals surface area contributed by atoms with Gasteiger partial charge in [-0.3, -0.25) is 0 Å². The first-order valence-electron chi connectivity index (χ1n) is 5.92. The van der Waals surface area contributed by atoms with E-state index < -0.39 is 0 Å². The third-order valence-corrected chi connectivity index (χ3v) is 2.59. The van der Waals surface area contributed by atoms with Crippen LogP contribution < -0.4 is 15.2 Å². The minimum atomic E-state index is 0. The molecule has 0 aromatic heterocycles. The lowest BCUT2D eigenvalue weighted by Gasteiger charge is -2.14. The molecule has 19 heavy (non-hydrogen) atoms. The van der Waals surface area contributed by atoms with E-state index in [9.17, 15) is 0 Å². The second-order valence-corrected chi connectivity index (χ2v) is 4.18. The summed E-state index contributed by atoms with van der Waals surface area (Å²) in [7, 11) is 3.32. The first-order valence-corrected chi connectivity index (χ1v) is 5.92. The van der Waals surface area contributed by atoms with Crippen molar-refractivity contribution in [1.29, 1.82) is 0 Å². The average Bonchev–Trinajstić information content (AvgIpc) is 2.35. The van der Waals surface area contributed by atoms with Crippen molar-refractivity contribution in [1.82, 2.24) is 0 Å². The molecule has 1 rings (SSSR count). The van der Waals surface area contributed by atoms with Crippen LogP contribution in [0, 0.1) is 0 Å². The van der Waals surface area contributed by atoms with Gasteiger partial charge in [0.15, 0.2) is 0 Å². The molecule has 2 N–H and O–H groups in total. The second-order valence-electron chi connectivity index (χ2n) is 4.18. The van der Waals surface area contributed by atoms with E-state index in [0.29, 0.717) is 0 Å². The van der Waals surface area contributed by atoms with E-state index in [1.165, 1.54) is 0 Å². The van der Waals surface area contributed by atoms with Gasteiger partial charge in [-0.25, -0.2) is 0 Å². The summed E-state index contributed by atoms with van der Waals surface area (Å²) in [5.41, 5.74) is 7.85. The van der Waals surface area contributed by atoms with E-state index in [2.05, 4.69) is 6.58 Å². The minimum Gasteiger partial charge on any atom is -0.496 e. The molecule has 3 nitrogen and oxygen atoms in total. The molecule has 0 heterocycles. The SMILES string of the molecule is C=CC=Cc1cc(OC)c(CC(C)N)cc1OC.Cl. The smallest absolute Gasteiger partial charge is 0.126 e.